The summed E-state index contributed by atoms with van der Waals surface area (Å²) in [6.07, 6.45) is 4.54. The topological polar surface area (TPSA) is 79.5 Å². The van der Waals surface area contributed by atoms with Crippen LogP contribution in [0.1, 0.15) is 84.8 Å². The van der Waals surface area contributed by atoms with E-state index in [1.807, 2.05) is 46.8 Å². The molecule has 0 aliphatic carbocycles. The van der Waals surface area contributed by atoms with E-state index >= 15 is 0 Å². The minimum Gasteiger partial charge on any atom is -0.490 e. The monoisotopic (exact) mass is 589 g/mol. The van der Waals surface area contributed by atoms with E-state index in [9.17, 15) is 18.4 Å². The van der Waals surface area contributed by atoms with Crippen LogP contribution in [0.2, 0.25) is 0 Å². The van der Waals surface area contributed by atoms with Crippen molar-refractivity contribution in [3.63, 3.8) is 0 Å². The molecular formula is C34H53F2N3O3. The molecule has 2 rings (SSSR count). The predicted molar refractivity (Wildman–Crippen MR) is 169 cm³/mol. The van der Waals surface area contributed by atoms with E-state index < -0.39 is 6.04 Å². The van der Waals surface area contributed by atoms with Crippen LogP contribution in [0.4, 0.5) is 8.78 Å². The van der Waals surface area contributed by atoms with E-state index in [1.165, 1.54) is 24.6 Å². The summed E-state index contributed by atoms with van der Waals surface area (Å²) in [7, 11) is 0. The third-order valence-corrected chi connectivity index (χ3v) is 5.67. The van der Waals surface area contributed by atoms with E-state index in [2.05, 4.69) is 36.4 Å². The van der Waals surface area contributed by atoms with Crippen molar-refractivity contribution in [2.24, 2.45) is 5.92 Å². The van der Waals surface area contributed by atoms with Crippen molar-refractivity contribution in [2.75, 3.05) is 19.7 Å². The maximum atomic E-state index is 14.1. The van der Waals surface area contributed by atoms with Crippen LogP contribution in [-0.4, -0.2) is 37.6 Å². The number of ether oxygens (including phenoxy) is 1. The fourth-order valence-corrected chi connectivity index (χ4v) is 3.51. The zero-order valence-corrected chi connectivity index (χ0v) is 26.7. The Hall–Kier alpha value is -3.42. The predicted octanol–water partition coefficient (Wildman–Crippen LogP) is 7.26. The van der Waals surface area contributed by atoms with Crippen LogP contribution in [-0.2, 0) is 16.0 Å². The Morgan fingerprint density at radius 1 is 1.00 bits per heavy atom. The lowest BCUT2D eigenvalue weighted by molar-refractivity contribution is -0.128. The number of carbonyl (C=O) groups is 2. The van der Waals surface area contributed by atoms with Gasteiger partial charge in [-0.1, -0.05) is 85.2 Å². The van der Waals surface area contributed by atoms with E-state index in [1.54, 1.807) is 12.1 Å². The zero-order valence-electron chi connectivity index (χ0n) is 26.7. The Morgan fingerprint density at radius 2 is 1.67 bits per heavy atom. The van der Waals surface area contributed by atoms with Gasteiger partial charge < -0.3 is 20.7 Å². The number of hydrogen-bond donors (Lipinski definition) is 3. The third-order valence-electron chi connectivity index (χ3n) is 5.67. The molecule has 2 aromatic carbocycles. The average molecular weight is 590 g/mol. The van der Waals surface area contributed by atoms with Gasteiger partial charge in [0.2, 0.25) is 11.8 Å². The number of nitrogens with one attached hydrogen (secondary N) is 3. The van der Waals surface area contributed by atoms with Crippen LogP contribution in [0.15, 0.2) is 54.7 Å². The van der Waals surface area contributed by atoms with Crippen LogP contribution < -0.4 is 20.7 Å². The first-order valence-electron chi connectivity index (χ1n) is 15.1. The van der Waals surface area contributed by atoms with Crippen molar-refractivity contribution in [3.05, 3.63) is 77.5 Å². The van der Waals surface area contributed by atoms with Crippen LogP contribution in [0, 0.1) is 24.5 Å². The summed E-state index contributed by atoms with van der Waals surface area (Å²) in [6.45, 7) is 18.8. The lowest BCUT2D eigenvalue weighted by Crippen LogP contribution is -2.49. The highest BCUT2D eigenvalue weighted by Crippen LogP contribution is 2.24. The van der Waals surface area contributed by atoms with Gasteiger partial charge in [0.05, 0.1) is 13.2 Å². The van der Waals surface area contributed by atoms with E-state index in [0.29, 0.717) is 44.1 Å². The molecule has 2 amide bonds. The van der Waals surface area contributed by atoms with Gasteiger partial charge in [0.25, 0.3) is 0 Å². The van der Waals surface area contributed by atoms with Crippen LogP contribution in [0.3, 0.4) is 0 Å². The molecule has 0 radical (unpaired) electrons. The highest BCUT2D eigenvalue weighted by Gasteiger charge is 2.19. The molecule has 3 N–H and O–H groups in total. The number of carbonyl (C=O) groups excluding carboxylic acids is 2. The van der Waals surface area contributed by atoms with Crippen molar-refractivity contribution in [2.45, 2.75) is 93.0 Å². The Morgan fingerprint density at radius 3 is 2.21 bits per heavy atom. The molecule has 236 valence electrons. The van der Waals surface area contributed by atoms with E-state index in [0.717, 1.165) is 29.7 Å². The Balaban J connectivity index is 0.00000127. The minimum absolute atomic E-state index is 0.0961. The Labute approximate surface area is 252 Å². The molecule has 0 aliphatic rings. The minimum atomic E-state index is -0.576. The first-order valence-corrected chi connectivity index (χ1v) is 15.1. The summed E-state index contributed by atoms with van der Waals surface area (Å²) in [5, 5.41) is 8.59. The summed E-state index contributed by atoms with van der Waals surface area (Å²) in [5.74, 6) is -0.389. The summed E-state index contributed by atoms with van der Waals surface area (Å²) < 4.78 is 32.0. The molecule has 6 nitrogen and oxygen atoms in total. The lowest BCUT2D eigenvalue weighted by Gasteiger charge is -2.19. The first kappa shape index (κ1) is 38.6. The van der Waals surface area contributed by atoms with Crippen LogP contribution >= 0.6 is 0 Å². The molecule has 0 saturated heterocycles. The number of para-hydroxylation sites is 1. The number of aryl methyl sites for hydroxylation is 2. The molecular weight excluding hydrogens is 536 g/mol. The standard InChI is InChI=1S/C24H38FN3O3.C7H7F.C3H8/c1-6-10-21(28-22(29)15-27-18(5)7-2)24(30)26-14-9-12-19-11-8-13-20(25)23(19)31-16-17(3)4;1-6-3-2-4-7(8)5-6;1-3-2/h8,11,13,17,21,27H,5-7,9-10,12,14-16H2,1-4H3,(H,26,30)(H,28,29);2-5H,1H3;3H2,1-2H3. The number of rotatable bonds is 15. The van der Waals surface area contributed by atoms with Crippen molar-refractivity contribution in [1.82, 2.24) is 16.0 Å². The van der Waals surface area contributed by atoms with Crippen molar-refractivity contribution >= 4 is 11.8 Å². The average Bonchev–Trinajstić information content (AvgIpc) is 2.93. The molecule has 1 unspecified atom stereocenters. The molecule has 0 bridgehead atoms. The second kappa shape index (κ2) is 23.2. The Bertz CT molecular complexity index is 1040. The number of amides is 2. The van der Waals surface area contributed by atoms with Crippen molar-refractivity contribution in [3.8, 4) is 5.75 Å². The van der Waals surface area contributed by atoms with Gasteiger partial charge >= 0.3 is 0 Å². The van der Waals surface area contributed by atoms with Gasteiger partial charge in [-0.25, -0.2) is 8.78 Å². The van der Waals surface area contributed by atoms with Gasteiger partial charge in [-0.2, -0.15) is 0 Å². The van der Waals surface area contributed by atoms with Gasteiger partial charge in [-0.15, -0.1) is 0 Å². The normalized spacial score (nSPS) is 10.8. The molecule has 0 saturated carbocycles. The maximum Gasteiger partial charge on any atom is 0.242 e. The largest absolute Gasteiger partial charge is 0.490 e. The lowest BCUT2D eigenvalue weighted by atomic mass is 10.1. The van der Waals surface area contributed by atoms with Crippen LogP contribution in [0.5, 0.6) is 5.75 Å². The van der Waals surface area contributed by atoms with Gasteiger partial charge in [0.15, 0.2) is 11.6 Å². The smallest absolute Gasteiger partial charge is 0.242 e. The van der Waals surface area contributed by atoms with Gasteiger partial charge in [0, 0.05) is 12.2 Å². The van der Waals surface area contributed by atoms with E-state index in [4.69, 9.17) is 4.74 Å². The molecule has 0 spiro atoms. The zero-order chi connectivity index (χ0) is 31.9. The maximum absolute atomic E-state index is 14.1. The quantitative estimate of drug-likeness (QED) is 0.191. The third kappa shape index (κ3) is 18.1. The highest BCUT2D eigenvalue weighted by atomic mass is 19.1. The van der Waals surface area contributed by atoms with Gasteiger partial charge in [-0.3, -0.25) is 9.59 Å². The number of halogens is 2. The summed E-state index contributed by atoms with van der Waals surface area (Å²) in [4.78, 5) is 24.6. The molecule has 1 atom stereocenters. The number of allylic oxidation sites excluding steroid dienone is 1. The molecule has 0 aromatic heterocycles. The van der Waals surface area contributed by atoms with Crippen molar-refractivity contribution in [1.29, 1.82) is 0 Å². The fraction of sp³-hybridized carbons (Fsp3) is 0.529. The van der Waals surface area contributed by atoms with Crippen LogP contribution in [0.25, 0.3) is 0 Å². The SMILES string of the molecule is C=C(CC)NCC(=O)NC(CCC)C(=O)NCCCc1cccc(F)c1OCC(C)C.CCC.Cc1cccc(F)c1. The second-order valence-corrected chi connectivity index (χ2v) is 10.6. The first-order chi connectivity index (χ1) is 20.0. The van der Waals surface area contributed by atoms with Gasteiger partial charge in [-0.05, 0) is 67.9 Å². The number of hydrogen-bond acceptors (Lipinski definition) is 4. The van der Waals surface area contributed by atoms with Gasteiger partial charge in [0.1, 0.15) is 11.9 Å². The molecule has 0 heterocycles. The molecule has 0 fully saturated rings. The highest BCUT2D eigenvalue weighted by molar-refractivity contribution is 5.88. The molecule has 2 aromatic rings. The summed E-state index contributed by atoms with van der Waals surface area (Å²) in [6, 6.07) is 10.8. The fourth-order valence-electron chi connectivity index (χ4n) is 3.51. The Kier molecular flexibility index (Phi) is 21.3. The molecule has 0 aliphatic heterocycles. The summed E-state index contributed by atoms with van der Waals surface area (Å²) >= 11 is 0. The summed E-state index contributed by atoms with van der Waals surface area (Å²) in [5.41, 5.74) is 2.53. The molecule has 42 heavy (non-hydrogen) atoms. The molecule has 8 heteroatoms. The van der Waals surface area contributed by atoms with E-state index in [-0.39, 0.29) is 30.0 Å². The van der Waals surface area contributed by atoms with Crippen molar-refractivity contribution < 1.29 is 23.1 Å². The second-order valence-electron chi connectivity index (χ2n) is 10.6. The number of benzene rings is 2.